The number of rotatable bonds is 8. The summed E-state index contributed by atoms with van der Waals surface area (Å²) in [4.78, 5) is 29.7. The zero-order valence-corrected chi connectivity index (χ0v) is 21.8. The van der Waals surface area contributed by atoms with Gasteiger partial charge in [0.2, 0.25) is 0 Å². The number of hydrogen-bond acceptors (Lipinski definition) is 5. The van der Waals surface area contributed by atoms with E-state index in [1.807, 2.05) is 57.2 Å². The summed E-state index contributed by atoms with van der Waals surface area (Å²) in [7, 11) is 0. The second-order valence-electron chi connectivity index (χ2n) is 9.37. The monoisotopic (exact) mass is 495 g/mol. The number of nitrogens with one attached hydrogen (secondary N) is 1. The Morgan fingerprint density at radius 1 is 1.11 bits per heavy atom. The lowest BCUT2D eigenvalue weighted by atomic mass is 10.00. The molecule has 0 spiro atoms. The minimum Gasteiger partial charge on any atom is -0.396 e. The molecule has 3 rings (SSSR count). The molecule has 1 atom stereocenters. The van der Waals surface area contributed by atoms with Crippen LogP contribution in [0.5, 0.6) is 0 Å². The maximum absolute atomic E-state index is 12.8. The number of allylic oxidation sites excluding steroid dienone is 5. The number of carbonyl (C=O) groups is 2. The lowest BCUT2D eigenvalue weighted by Gasteiger charge is -2.18. The first-order valence-corrected chi connectivity index (χ1v) is 12.4. The summed E-state index contributed by atoms with van der Waals surface area (Å²) in [6.07, 6.45) is 7.55. The van der Waals surface area contributed by atoms with Crippen molar-refractivity contribution >= 4 is 23.1 Å². The molecule has 1 aliphatic rings. The quantitative estimate of drug-likeness (QED) is 0.522. The Labute approximate surface area is 218 Å². The molecule has 0 aromatic heterocycles. The van der Waals surface area contributed by atoms with Crippen molar-refractivity contribution in [1.29, 1.82) is 5.26 Å². The molecule has 0 aliphatic carbocycles. The SMILES string of the molecule is CC(=O)C1=C/C=C(/C)C\C=C(c2ccc(CC(CCO)NC(=O)c3ccc(C)c(C#N)c3)cc2)/N=C\1C. The van der Waals surface area contributed by atoms with Crippen LogP contribution in [-0.2, 0) is 11.2 Å². The molecule has 0 saturated carbocycles. The third-order valence-electron chi connectivity index (χ3n) is 6.37. The number of amides is 1. The van der Waals surface area contributed by atoms with Crippen LogP contribution in [0, 0.1) is 18.3 Å². The Morgan fingerprint density at radius 2 is 1.84 bits per heavy atom. The van der Waals surface area contributed by atoms with E-state index in [0.29, 0.717) is 35.3 Å². The zero-order chi connectivity index (χ0) is 26.9. The number of benzene rings is 2. The highest BCUT2D eigenvalue weighted by atomic mass is 16.3. The maximum atomic E-state index is 12.8. The Balaban J connectivity index is 1.78. The van der Waals surface area contributed by atoms with E-state index in [-0.39, 0.29) is 24.3 Å². The standard InChI is InChI=1S/C31H33N3O3/c1-20-5-13-29(23(4)36)22(3)33-30(14-6-20)25-11-8-24(9-12-25)17-28(15-16-35)34-31(37)26-10-7-21(2)27(18-26)19-32/h5,7-14,18,28,35H,6,15-17H2,1-4H3,(H,34,37)/b20-5-,29-13+,30-14-,33-22-. The van der Waals surface area contributed by atoms with Gasteiger partial charge >= 0.3 is 0 Å². The van der Waals surface area contributed by atoms with Crippen LogP contribution >= 0.6 is 0 Å². The van der Waals surface area contributed by atoms with E-state index >= 15 is 0 Å². The molecule has 6 heteroatoms. The number of Topliss-reactive ketones (excluding diaryl/α,β-unsaturated/α-hetero) is 1. The summed E-state index contributed by atoms with van der Waals surface area (Å²) in [5.74, 6) is -0.293. The molecule has 0 radical (unpaired) electrons. The number of ketones is 1. The van der Waals surface area contributed by atoms with Crippen LogP contribution in [0.3, 0.4) is 0 Å². The molecule has 0 saturated heterocycles. The molecule has 6 nitrogen and oxygen atoms in total. The molecule has 0 bridgehead atoms. The van der Waals surface area contributed by atoms with Crippen LogP contribution < -0.4 is 5.32 Å². The largest absolute Gasteiger partial charge is 0.396 e. The summed E-state index contributed by atoms with van der Waals surface area (Å²) in [6.45, 7) is 7.20. The van der Waals surface area contributed by atoms with Gasteiger partial charge in [0.05, 0.1) is 17.3 Å². The summed E-state index contributed by atoms with van der Waals surface area (Å²) in [5.41, 5.74) is 6.87. The predicted octanol–water partition coefficient (Wildman–Crippen LogP) is 5.26. The highest BCUT2D eigenvalue weighted by Crippen LogP contribution is 2.23. The number of nitrogens with zero attached hydrogens (tertiary/aromatic N) is 2. The number of aliphatic imine (C=N–C) groups is 1. The van der Waals surface area contributed by atoms with Crippen molar-refractivity contribution in [2.24, 2.45) is 4.99 Å². The van der Waals surface area contributed by atoms with Crippen molar-refractivity contribution in [3.8, 4) is 6.07 Å². The minimum absolute atomic E-state index is 0.0200. The topological polar surface area (TPSA) is 103 Å². The first-order chi connectivity index (χ1) is 17.7. The van der Waals surface area contributed by atoms with Gasteiger partial charge in [-0.3, -0.25) is 14.6 Å². The van der Waals surface area contributed by atoms with E-state index in [1.54, 1.807) is 25.1 Å². The van der Waals surface area contributed by atoms with E-state index < -0.39 is 0 Å². The molecule has 1 amide bonds. The third-order valence-corrected chi connectivity index (χ3v) is 6.37. The normalized spacial score (nSPS) is 20.1. The van der Waals surface area contributed by atoms with Crippen molar-refractivity contribution in [1.82, 2.24) is 5.32 Å². The van der Waals surface area contributed by atoms with Crippen LogP contribution in [0.4, 0.5) is 0 Å². The Kier molecular flexibility index (Phi) is 9.48. The lowest BCUT2D eigenvalue weighted by molar-refractivity contribution is -0.113. The van der Waals surface area contributed by atoms with Crippen molar-refractivity contribution in [3.63, 3.8) is 0 Å². The van der Waals surface area contributed by atoms with Gasteiger partial charge in [0.25, 0.3) is 5.91 Å². The number of carbonyl (C=O) groups excluding carboxylic acids is 2. The van der Waals surface area contributed by atoms with Gasteiger partial charge in [-0.2, -0.15) is 5.26 Å². The van der Waals surface area contributed by atoms with Gasteiger partial charge in [0, 0.05) is 29.5 Å². The smallest absolute Gasteiger partial charge is 0.251 e. The van der Waals surface area contributed by atoms with E-state index in [9.17, 15) is 20.0 Å². The summed E-state index contributed by atoms with van der Waals surface area (Å²) in [5, 5.41) is 21.8. The summed E-state index contributed by atoms with van der Waals surface area (Å²) >= 11 is 0. The van der Waals surface area contributed by atoms with Gasteiger partial charge in [-0.1, -0.05) is 48.1 Å². The fraction of sp³-hybridized carbons (Fsp3) is 0.290. The molecule has 2 aromatic carbocycles. The van der Waals surface area contributed by atoms with E-state index in [0.717, 1.165) is 34.4 Å². The number of nitriles is 1. The molecule has 1 unspecified atom stereocenters. The lowest BCUT2D eigenvalue weighted by Crippen LogP contribution is -2.37. The van der Waals surface area contributed by atoms with Crippen LogP contribution in [-0.4, -0.2) is 35.2 Å². The van der Waals surface area contributed by atoms with E-state index in [2.05, 4.69) is 17.5 Å². The fourth-order valence-electron chi connectivity index (χ4n) is 4.14. The molecular weight excluding hydrogens is 462 g/mol. The van der Waals surface area contributed by atoms with E-state index in [4.69, 9.17) is 4.99 Å². The molecule has 190 valence electrons. The van der Waals surface area contributed by atoms with Crippen LogP contribution in [0.2, 0.25) is 0 Å². The van der Waals surface area contributed by atoms with Crippen molar-refractivity contribution in [3.05, 3.63) is 99.7 Å². The third kappa shape index (κ3) is 7.45. The average Bonchev–Trinajstić information content (AvgIpc) is 2.94. The Morgan fingerprint density at radius 3 is 2.49 bits per heavy atom. The second-order valence-corrected chi connectivity index (χ2v) is 9.37. The minimum atomic E-state index is -0.273. The van der Waals surface area contributed by atoms with Gasteiger partial charge in [-0.05, 0) is 81.9 Å². The van der Waals surface area contributed by atoms with Crippen LogP contribution in [0.1, 0.15) is 66.2 Å². The van der Waals surface area contributed by atoms with Gasteiger partial charge in [-0.25, -0.2) is 0 Å². The molecule has 1 heterocycles. The zero-order valence-electron chi connectivity index (χ0n) is 21.8. The molecule has 1 aliphatic heterocycles. The van der Waals surface area contributed by atoms with Crippen molar-refractivity contribution in [2.45, 2.75) is 53.0 Å². The van der Waals surface area contributed by atoms with Crippen molar-refractivity contribution in [2.75, 3.05) is 6.61 Å². The molecule has 2 aromatic rings. The highest BCUT2D eigenvalue weighted by Gasteiger charge is 2.16. The fourth-order valence-corrected chi connectivity index (χ4v) is 4.14. The van der Waals surface area contributed by atoms with Crippen LogP contribution in [0.15, 0.2) is 76.8 Å². The van der Waals surface area contributed by atoms with Crippen LogP contribution in [0.25, 0.3) is 5.70 Å². The summed E-state index contributed by atoms with van der Waals surface area (Å²) in [6, 6.07) is 14.9. The number of hydrogen-bond donors (Lipinski definition) is 2. The van der Waals surface area contributed by atoms with Gasteiger partial charge in [0.15, 0.2) is 5.78 Å². The Bertz CT molecular complexity index is 1340. The predicted molar refractivity (Wildman–Crippen MR) is 147 cm³/mol. The average molecular weight is 496 g/mol. The van der Waals surface area contributed by atoms with Crippen molar-refractivity contribution < 1.29 is 14.7 Å². The number of aryl methyl sites for hydroxylation is 1. The molecule has 2 N–H and O–H groups in total. The molecule has 37 heavy (non-hydrogen) atoms. The van der Waals surface area contributed by atoms with E-state index in [1.165, 1.54) is 0 Å². The molecular formula is C31H33N3O3. The van der Waals surface area contributed by atoms with Gasteiger partial charge < -0.3 is 10.4 Å². The van der Waals surface area contributed by atoms with Gasteiger partial charge in [-0.15, -0.1) is 0 Å². The summed E-state index contributed by atoms with van der Waals surface area (Å²) < 4.78 is 0. The Hall–Kier alpha value is -4.08. The van der Waals surface area contributed by atoms with Gasteiger partial charge in [0.1, 0.15) is 0 Å². The maximum Gasteiger partial charge on any atom is 0.251 e. The first-order valence-electron chi connectivity index (χ1n) is 12.4. The molecule has 0 fully saturated rings. The number of aliphatic hydroxyl groups is 1. The first kappa shape index (κ1) is 27.5. The number of aliphatic hydroxyl groups excluding tert-OH is 1. The second kappa shape index (κ2) is 12.8. The highest BCUT2D eigenvalue weighted by molar-refractivity contribution is 6.22.